The van der Waals surface area contributed by atoms with Gasteiger partial charge in [0.05, 0.1) is 6.61 Å². The molecule has 0 amide bonds. The Hall–Kier alpha value is -0.660. The molecule has 0 aliphatic carbocycles. The van der Waals surface area contributed by atoms with E-state index in [1.807, 2.05) is 0 Å². The molecule has 6 nitrogen and oxygen atoms in total. The van der Waals surface area contributed by atoms with E-state index in [4.69, 9.17) is 15.6 Å². The number of rotatable bonds is 4. The fraction of sp³-hybridized carbons (Fsp3) is 0.889. The van der Waals surface area contributed by atoms with Gasteiger partial charge in [0.1, 0.15) is 16.9 Å². The zero-order valence-corrected chi connectivity index (χ0v) is 10.7. The Morgan fingerprint density at radius 2 is 1.88 bits per heavy atom. The molecule has 7 heteroatoms. The van der Waals surface area contributed by atoms with Gasteiger partial charge < -0.3 is 15.6 Å². The van der Waals surface area contributed by atoms with E-state index in [1.54, 1.807) is 20.8 Å². The van der Waals surface area contributed by atoms with Crippen LogP contribution in [0.1, 0.15) is 20.8 Å². The fourth-order valence-corrected chi connectivity index (χ4v) is 1.78. The second-order valence-electron chi connectivity index (χ2n) is 4.62. The third kappa shape index (κ3) is 4.91. The molecule has 0 saturated heterocycles. The Morgan fingerprint density at radius 3 is 2.12 bits per heavy atom. The number of carbonyl (C=O) groups excluding carboxylic acids is 1. The average molecular weight is 253 g/mol. The molecule has 0 aromatic carbocycles. The molecule has 0 aliphatic heterocycles. The predicted octanol–water partition coefficient (Wildman–Crippen LogP) is -0.734. The van der Waals surface area contributed by atoms with Crippen molar-refractivity contribution in [2.45, 2.75) is 31.7 Å². The summed E-state index contributed by atoms with van der Waals surface area (Å²) in [6.07, 6.45) is 0.907. The lowest BCUT2D eigenvalue weighted by Gasteiger charge is -2.25. The minimum Gasteiger partial charge on any atom is -0.460 e. The van der Waals surface area contributed by atoms with Crippen LogP contribution in [0.3, 0.4) is 0 Å². The Labute approximate surface area is 95.7 Å². The summed E-state index contributed by atoms with van der Waals surface area (Å²) in [5.74, 6) is -2.07. The normalized spacial score (nSPS) is 16.6. The van der Waals surface area contributed by atoms with Crippen LogP contribution >= 0.6 is 0 Å². The first-order valence-corrected chi connectivity index (χ1v) is 6.72. The quantitative estimate of drug-likeness (QED) is 0.639. The van der Waals surface area contributed by atoms with Crippen LogP contribution in [0.4, 0.5) is 0 Å². The highest BCUT2D eigenvalue weighted by Gasteiger charge is 2.35. The third-order valence-electron chi connectivity index (χ3n) is 1.80. The van der Waals surface area contributed by atoms with Crippen molar-refractivity contribution in [3.05, 3.63) is 0 Å². The van der Waals surface area contributed by atoms with Crippen LogP contribution in [-0.4, -0.2) is 43.3 Å². The second kappa shape index (κ2) is 5.11. The summed E-state index contributed by atoms with van der Waals surface area (Å²) in [6.45, 7) is 4.27. The van der Waals surface area contributed by atoms with E-state index in [0.29, 0.717) is 0 Å². The molecule has 0 rings (SSSR count). The van der Waals surface area contributed by atoms with E-state index in [0.717, 1.165) is 6.26 Å². The first kappa shape index (κ1) is 15.3. The number of hydrogen-bond donors (Lipinski definition) is 2. The van der Waals surface area contributed by atoms with Crippen molar-refractivity contribution >= 4 is 15.8 Å². The maximum atomic E-state index is 11.6. The molecule has 0 bridgehead atoms. The molecular weight excluding hydrogens is 234 g/mol. The molecule has 0 heterocycles. The Morgan fingerprint density at radius 1 is 1.44 bits per heavy atom. The first-order valence-electron chi connectivity index (χ1n) is 4.77. The van der Waals surface area contributed by atoms with Crippen molar-refractivity contribution in [2.75, 3.05) is 12.9 Å². The van der Waals surface area contributed by atoms with E-state index in [9.17, 15) is 13.2 Å². The van der Waals surface area contributed by atoms with Crippen LogP contribution in [0, 0.1) is 5.92 Å². The summed E-state index contributed by atoms with van der Waals surface area (Å²) >= 11 is 0. The van der Waals surface area contributed by atoms with Gasteiger partial charge in [0.2, 0.25) is 0 Å². The predicted molar refractivity (Wildman–Crippen MR) is 59.2 cm³/mol. The number of esters is 1. The van der Waals surface area contributed by atoms with Crippen molar-refractivity contribution in [3.8, 4) is 0 Å². The van der Waals surface area contributed by atoms with Gasteiger partial charge in [-0.25, -0.2) is 8.42 Å². The first-order chi connectivity index (χ1) is 6.99. The summed E-state index contributed by atoms with van der Waals surface area (Å²) in [6, 6.07) is 0. The van der Waals surface area contributed by atoms with Gasteiger partial charge in [-0.05, 0) is 20.8 Å². The smallest absolute Gasteiger partial charge is 0.314 e. The minimum absolute atomic E-state index is 0.664. The van der Waals surface area contributed by atoms with Gasteiger partial charge in [0.15, 0.2) is 9.84 Å². The molecule has 16 heavy (non-hydrogen) atoms. The Bertz CT molecular complexity index is 343. The molecule has 96 valence electrons. The van der Waals surface area contributed by atoms with Crippen molar-refractivity contribution in [1.29, 1.82) is 0 Å². The van der Waals surface area contributed by atoms with Crippen molar-refractivity contribution in [2.24, 2.45) is 11.7 Å². The Kier molecular flexibility index (Phi) is 4.90. The largest absolute Gasteiger partial charge is 0.460 e. The highest BCUT2D eigenvalue weighted by molar-refractivity contribution is 7.91. The molecule has 0 saturated carbocycles. The van der Waals surface area contributed by atoms with Crippen LogP contribution in [0.25, 0.3) is 0 Å². The lowest BCUT2D eigenvalue weighted by molar-refractivity contribution is -0.161. The van der Waals surface area contributed by atoms with Gasteiger partial charge in [-0.1, -0.05) is 0 Å². The Balaban J connectivity index is 4.82. The number of carbonyl (C=O) groups is 1. The lowest BCUT2D eigenvalue weighted by Crippen LogP contribution is -2.45. The molecule has 0 aromatic rings. The molecule has 0 aliphatic rings. The van der Waals surface area contributed by atoms with Gasteiger partial charge in [-0.3, -0.25) is 4.79 Å². The number of nitrogens with two attached hydrogens (primary N) is 1. The number of hydrogen-bond acceptors (Lipinski definition) is 6. The van der Waals surface area contributed by atoms with Gasteiger partial charge in [-0.15, -0.1) is 0 Å². The van der Waals surface area contributed by atoms with Crippen LogP contribution in [0.5, 0.6) is 0 Å². The molecule has 0 aromatic heterocycles. The zero-order valence-electron chi connectivity index (χ0n) is 9.93. The zero-order chi connectivity index (χ0) is 13.1. The topological polar surface area (TPSA) is 107 Å². The average Bonchev–Trinajstić information content (AvgIpc) is 1.99. The molecule has 2 atom stereocenters. The maximum Gasteiger partial charge on any atom is 0.314 e. The lowest BCUT2D eigenvalue weighted by atomic mass is 10.1. The summed E-state index contributed by atoms with van der Waals surface area (Å²) in [7, 11) is -3.60. The number of aliphatic hydroxyl groups excluding tert-OH is 1. The molecule has 0 radical (unpaired) electrons. The van der Waals surface area contributed by atoms with Gasteiger partial charge in [-0.2, -0.15) is 0 Å². The number of sulfone groups is 1. The standard InChI is InChI=1S/C9H19NO5S/c1-9(2,3)15-8(12)6(5-11)7(10)16(4,13)14/h6-7,11H,5,10H2,1-4H3. The summed E-state index contributed by atoms with van der Waals surface area (Å²) in [4.78, 5) is 11.6. The summed E-state index contributed by atoms with van der Waals surface area (Å²) in [5.41, 5.74) is 4.63. The summed E-state index contributed by atoms with van der Waals surface area (Å²) in [5, 5.41) is 7.53. The van der Waals surface area contributed by atoms with E-state index < -0.39 is 39.3 Å². The van der Waals surface area contributed by atoms with Crippen molar-refractivity contribution in [3.63, 3.8) is 0 Å². The minimum atomic E-state index is -3.60. The third-order valence-corrected chi connectivity index (χ3v) is 3.11. The second-order valence-corrected chi connectivity index (χ2v) is 6.82. The van der Waals surface area contributed by atoms with Gasteiger partial charge >= 0.3 is 5.97 Å². The molecule has 3 N–H and O–H groups in total. The van der Waals surface area contributed by atoms with Crippen LogP contribution < -0.4 is 5.73 Å². The molecule has 0 fully saturated rings. The van der Waals surface area contributed by atoms with E-state index in [-0.39, 0.29) is 0 Å². The summed E-state index contributed by atoms with van der Waals surface area (Å²) < 4.78 is 27.3. The van der Waals surface area contributed by atoms with E-state index in [2.05, 4.69) is 0 Å². The highest BCUT2D eigenvalue weighted by Crippen LogP contribution is 2.15. The van der Waals surface area contributed by atoms with Crippen LogP contribution in [0.2, 0.25) is 0 Å². The van der Waals surface area contributed by atoms with Crippen LogP contribution in [-0.2, 0) is 19.4 Å². The van der Waals surface area contributed by atoms with E-state index in [1.165, 1.54) is 0 Å². The van der Waals surface area contributed by atoms with E-state index >= 15 is 0 Å². The number of aliphatic hydroxyl groups is 1. The van der Waals surface area contributed by atoms with Crippen molar-refractivity contribution < 1.29 is 23.1 Å². The molecular formula is C9H19NO5S. The molecule has 2 unspecified atom stereocenters. The molecule has 0 spiro atoms. The maximum absolute atomic E-state index is 11.6. The van der Waals surface area contributed by atoms with Crippen molar-refractivity contribution in [1.82, 2.24) is 0 Å². The van der Waals surface area contributed by atoms with Crippen LogP contribution in [0.15, 0.2) is 0 Å². The monoisotopic (exact) mass is 253 g/mol. The fourth-order valence-electron chi connectivity index (χ4n) is 0.988. The number of ether oxygens (including phenoxy) is 1. The van der Waals surface area contributed by atoms with Gasteiger partial charge in [0.25, 0.3) is 0 Å². The highest BCUT2D eigenvalue weighted by atomic mass is 32.2. The van der Waals surface area contributed by atoms with Gasteiger partial charge in [0, 0.05) is 6.26 Å². The SMILES string of the molecule is CC(C)(C)OC(=O)C(CO)C(N)S(C)(=O)=O.